The number of rotatable bonds is 5. The lowest BCUT2D eigenvalue weighted by molar-refractivity contribution is 0.242. The average molecular weight is 414 g/mol. The molecule has 0 aliphatic rings. The number of anilines is 1. The van der Waals surface area contributed by atoms with E-state index in [0.717, 1.165) is 17.1 Å². The fourth-order valence-corrected chi connectivity index (χ4v) is 1.90. The third-order valence-corrected chi connectivity index (χ3v) is 2.96. The summed E-state index contributed by atoms with van der Waals surface area (Å²) in [5.74, 6) is 1.24. The summed E-state index contributed by atoms with van der Waals surface area (Å²) < 4.78 is 7.61. The van der Waals surface area contributed by atoms with Crippen LogP contribution in [0.25, 0.3) is 0 Å². The number of hydrogen-bond donors (Lipinski definition) is 2. The van der Waals surface area contributed by atoms with Crippen molar-refractivity contribution in [2.24, 2.45) is 17.8 Å². The van der Waals surface area contributed by atoms with Gasteiger partial charge in [-0.1, -0.05) is 0 Å². The van der Waals surface area contributed by atoms with E-state index >= 15 is 0 Å². The van der Waals surface area contributed by atoms with Gasteiger partial charge in [0.05, 0.1) is 12.6 Å². The van der Waals surface area contributed by atoms with Gasteiger partial charge in [-0.2, -0.15) is 0 Å². The molecule has 1 heterocycles. The highest BCUT2D eigenvalue weighted by molar-refractivity contribution is 14.0. The van der Waals surface area contributed by atoms with Crippen molar-refractivity contribution in [1.29, 1.82) is 0 Å². The van der Waals surface area contributed by atoms with Crippen LogP contribution in [0.1, 0.15) is 19.5 Å². The van der Waals surface area contributed by atoms with E-state index in [1.165, 1.54) is 0 Å². The molecule has 0 saturated heterocycles. The van der Waals surface area contributed by atoms with Gasteiger partial charge in [0.25, 0.3) is 0 Å². The minimum Gasteiger partial charge on any atom is -0.491 e. The molecule has 0 fully saturated rings. The largest absolute Gasteiger partial charge is 0.491 e. The van der Waals surface area contributed by atoms with Crippen molar-refractivity contribution in [2.45, 2.75) is 26.5 Å². The molecule has 3 N–H and O–H groups in total. The lowest BCUT2D eigenvalue weighted by atomic mass is 10.3. The predicted octanol–water partition coefficient (Wildman–Crippen LogP) is 3.36. The van der Waals surface area contributed by atoms with Crippen LogP contribution in [0.15, 0.2) is 47.6 Å². The summed E-state index contributed by atoms with van der Waals surface area (Å²) in [4.78, 5) is 4.32. The maximum Gasteiger partial charge on any atom is 0.193 e. The summed E-state index contributed by atoms with van der Waals surface area (Å²) in [6, 6.07) is 11.7. The molecule has 2 rings (SSSR count). The maximum absolute atomic E-state index is 5.89. The van der Waals surface area contributed by atoms with Gasteiger partial charge in [0.2, 0.25) is 0 Å². The van der Waals surface area contributed by atoms with Gasteiger partial charge in [0, 0.05) is 24.6 Å². The molecule has 22 heavy (non-hydrogen) atoms. The van der Waals surface area contributed by atoms with E-state index in [1.54, 1.807) is 0 Å². The van der Waals surface area contributed by atoms with Gasteiger partial charge in [0.1, 0.15) is 5.75 Å². The molecule has 2 aromatic rings. The summed E-state index contributed by atoms with van der Waals surface area (Å²) in [5, 5.41) is 3.07. The van der Waals surface area contributed by atoms with Crippen LogP contribution in [-0.2, 0) is 13.6 Å². The van der Waals surface area contributed by atoms with E-state index in [0.29, 0.717) is 12.5 Å². The van der Waals surface area contributed by atoms with Gasteiger partial charge < -0.3 is 20.4 Å². The van der Waals surface area contributed by atoms with Crippen LogP contribution in [0.3, 0.4) is 0 Å². The Hall–Kier alpha value is -1.70. The first kappa shape index (κ1) is 18.3. The second kappa shape index (κ2) is 8.67. The Balaban J connectivity index is 0.00000242. The monoisotopic (exact) mass is 414 g/mol. The van der Waals surface area contributed by atoms with E-state index in [-0.39, 0.29) is 30.1 Å². The first-order valence-corrected chi connectivity index (χ1v) is 6.98. The van der Waals surface area contributed by atoms with Crippen molar-refractivity contribution in [3.63, 3.8) is 0 Å². The highest BCUT2D eigenvalue weighted by Crippen LogP contribution is 2.16. The molecule has 1 aromatic carbocycles. The molecule has 0 radical (unpaired) electrons. The van der Waals surface area contributed by atoms with Gasteiger partial charge in [-0.05, 0) is 50.2 Å². The van der Waals surface area contributed by atoms with Gasteiger partial charge in [-0.15, -0.1) is 24.0 Å². The molecule has 0 amide bonds. The van der Waals surface area contributed by atoms with E-state index in [4.69, 9.17) is 10.5 Å². The third-order valence-electron chi connectivity index (χ3n) is 2.96. The molecule has 0 bridgehead atoms. The van der Waals surface area contributed by atoms with Crippen LogP contribution in [0.2, 0.25) is 0 Å². The average Bonchev–Trinajstić information content (AvgIpc) is 2.84. The van der Waals surface area contributed by atoms with Gasteiger partial charge in [-0.3, -0.25) is 0 Å². The molecule has 5 nitrogen and oxygen atoms in total. The maximum atomic E-state index is 5.89. The van der Waals surface area contributed by atoms with Crippen molar-refractivity contribution in [2.75, 3.05) is 5.32 Å². The predicted molar refractivity (Wildman–Crippen MR) is 102 cm³/mol. The third kappa shape index (κ3) is 5.59. The Morgan fingerprint density at radius 3 is 2.50 bits per heavy atom. The smallest absolute Gasteiger partial charge is 0.193 e. The molecule has 0 spiro atoms. The summed E-state index contributed by atoms with van der Waals surface area (Å²) in [5.41, 5.74) is 7.89. The summed E-state index contributed by atoms with van der Waals surface area (Å²) in [6.45, 7) is 4.55. The SMILES string of the molecule is CC(C)Oc1ccc(NC(N)=NCc2cccn2C)cc1.I. The number of aromatic nitrogens is 1. The number of halogens is 1. The fraction of sp³-hybridized carbons (Fsp3) is 0.312. The highest BCUT2D eigenvalue weighted by atomic mass is 127. The van der Waals surface area contributed by atoms with Crippen molar-refractivity contribution in [3.05, 3.63) is 48.3 Å². The molecule has 0 unspecified atom stereocenters. The highest BCUT2D eigenvalue weighted by Gasteiger charge is 2.00. The zero-order chi connectivity index (χ0) is 15.2. The van der Waals surface area contributed by atoms with Crippen LogP contribution in [0.4, 0.5) is 5.69 Å². The summed E-state index contributed by atoms with van der Waals surface area (Å²) in [6.07, 6.45) is 2.16. The minimum atomic E-state index is 0. The lowest BCUT2D eigenvalue weighted by Gasteiger charge is -2.11. The zero-order valence-electron chi connectivity index (χ0n) is 13.1. The normalized spacial score (nSPS) is 11.2. The molecule has 0 atom stereocenters. The van der Waals surface area contributed by atoms with Crippen molar-refractivity contribution < 1.29 is 4.74 Å². The standard InChI is InChI=1S/C16H22N4O.HI/c1-12(2)21-15-8-6-13(7-9-15)19-16(17)18-11-14-5-4-10-20(14)3;/h4-10,12H,11H2,1-3H3,(H3,17,18,19);1H. The minimum absolute atomic E-state index is 0. The topological polar surface area (TPSA) is 64.6 Å². The molecule has 0 aliphatic carbocycles. The number of aliphatic imine (C=N–C) groups is 1. The number of aryl methyl sites for hydroxylation is 1. The van der Waals surface area contributed by atoms with Crippen LogP contribution in [0, 0.1) is 0 Å². The molecule has 120 valence electrons. The number of hydrogen-bond acceptors (Lipinski definition) is 2. The molecule has 0 aliphatic heterocycles. The second-order valence-electron chi connectivity index (χ2n) is 5.13. The molecular formula is C16H23IN4O. The van der Waals surface area contributed by atoms with E-state index in [1.807, 2.05) is 68.1 Å². The molecule has 6 heteroatoms. The number of guanidine groups is 1. The number of benzene rings is 1. The van der Waals surface area contributed by atoms with Crippen molar-refractivity contribution in [1.82, 2.24) is 4.57 Å². The van der Waals surface area contributed by atoms with Crippen LogP contribution in [0.5, 0.6) is 5.75 Å². The first-order chi connectivity index (χ1) is 10.0. The Kier molecular flexibility index (Phi) is 7.23. The van der Waals surface area contributed by atoms with E-state index in [2.05, 4.69) is 10.3 Å². The zero-order valence-corrected chi connectivity index (χ0v) is 15.4. The van der Waals surface area contributed by atoms with Crippen LogP contribution in [-0.4, -0.2) is 16.6 Å². The lowest BCUT2D eigenvalue weighted by Crippen LogP contribution is -2.22. The fourth-order valence-electron chi connectivity index (χ4n) is 1.90. The number of nitrogens with two attached hydrogens (primary N) is 1. The Morgan fingerprint density at radius 2 is 1.95 bits per heavy atom. The van der Waals surface area contributed by atoms with Gasteiger partial charge in [-0.25, -0.2) is 4.99 Å². The quantitative estimate of drug-likeness (QED) is 0.448. The second-order valence-corrected chi connectivity index (χ2v) is 5.13. The van der Waals surface area contributed by atoms with Gasteiger partial charge >= 0.3 is 0 Å². The molecular weight excluding hydrogens is 391 g/mol. The Morgan fingerprint density at radius 1 is 1.27 bits per heavy atom. The van der Waals surface area contributed by atoms with Crippen molar-refractivity contribution in [3.8, 4) is 5.75 Å². The molecule has 1 aromatic heterocycles. The van der Waals surface area contributed by atoms with Crippen molar-refractivity contribution >= 4 is 35.6 Å². The Labute approximate surface area is 148 Å². The summed E-state index contributed by atoms with van der Waals surface area (Å²) in [7, 11) is 1.99. The first-order valence-electron chi connectivity index (χ1n) is 6.98. The van der Waals surface area contributed by atoms with E-state index in [9.17, 15) is 0 Å². The van der Waals surface area contributed by atoms with Crippen LogP contribution >= 0.6 is 24.0 Å². The Bertz CT molecular complexity index is 605. The summed E-state index contributed by atoms with van der Waals surface area (Å²) >= 11 is 0. The van der Waals surface area contributed by atoms with Gasteiger partial charge in [0.15, 0.2) is 5.96 Å². The number of nitrogens with one attached hydrogen (secondary N) is 1. The number of nitrogens with zero attached hydrogens (tertiary/aromatic N) is 2. The number of ether oxygens (including phenoxy) is 1. The van der Waals surface area contributed by atoms with Crippen LogP contribution < -0.4 is 15.8 Å². The molecule has 0 saturated carbocycles. The van der Waals surface area contributed by atoms with E-state index < -0.39 is 0 Å².